The van der Waals surface area contributed by atoms with Crippen molar-refractivity contribution in [2.75, 3.05) is 0 Å². The number of aryl methyl sites for hydroxylation is 1. The lowest BCUT2D eigenvalue weighted by atomic mass is 9.99. The van der Waals surface area contributed by atoms with Gasteiger partial charge < -0.3 is 19.4 Å². The first-order valence-corrected chi connectivity index (χ1v) is 10.6. The number of fused-ring (bicyclic) bond motifs is 2. The minimum atomic E-state index is -1.68. The maximum absolute atomic E-state index is 10.3. The number of rotatable bonds is 6. The molecule has 0 bridgehead atoms. The zero-order valence-corrected chi connectivity index (χ0v) is 17.7. The van der Waals surface area contributed by atoms with E-state index in [1.54, 1.807) is 12.3 Å². The summed E-state index contributed by atoms with van der Waals surface area (Å²) >= 11 is 0. The molecule has 0 atom stereocenters. The Labute approximate surface area is 185 Å². The summed E-state index contributed by atoms with van der Waals surface area (Å²) in [5.74, 6) is 0.570. The number of para-hydroxylation sites is 1. The summed E-state index contributed by atoms with van der Waals surface area (Å²) in [5, 5.41) is 22.1. The Morgan fingerprint density at radius 2 is 1.75 bits per heavy atom. The molecule has 0 aliphatic heterocycles. The first-order valence-electron chi connectivity index (χ1n) is 10.6. The van der Waals surface area contributed by atoms with Crippen molar-refractivity contribution in [3.63, 3.8) is 0 Å². The van der Waals surface area contributed by atoms with E-state index in [-0.39, 0.29) is 0 Å². The summed E-state index contributed by atoms with van der Waals surface area (Å²) in [4.78, 5) is 4.94. The fourth-order valence-corrected chi connectivity index (χ4v) is 4.05. The highest BCUT2D eigenvalue weighted by atomic mass is 16.5. The monoisotopic (exact) mass is 425 g/mol. The number of aromatic nitrogens is 1. The average Bonchev–Trinajstić information content (AvgIpc) is 3.26. The van der Waals surface area contributed by atoms with Gasteiger partial charge in [0.15, 0.2) is 6.29 Å². The number of hydrogen-bond donors (Lipinski definition) is 2. The first-order chi connectivity index (χ1) is 15.7. The highest BCUT2D eigenvalue weighted by Crippen LogP contribution is 2.38. The van der Waals surface area contributed by atoms with Gasteiger partial charge in [-0.15, -0.1) is 0 Å². The van der Waals surface area contributed by atoms with Crippen LogP contribution >= 0.6 is 0 Å². The van der Waals surface area contributed by atoms with Gasteiger partial charge in [0.2, 0.25) is 0 Å². The molecule has 0 aliphatic carbocycles. The van der Waals surface area contributed by atoms with Crippen molar-refractivity contribution in [1.82, 2.24) is 4.98 Å². The van der Waals surface area contributed by atoms with E-state index in [0.717, 1.165) is 34.1 Å². The summed E-state index contributed by atoms with van der Waals surface area (Å²) in [5.41, 5.74) is 5.27. The molecule has 5 heteroatoms. The van der Waals surface area contributed by atoms with Crippen LogP contribution in [0.3, 0.4) is 0 Å². The first kappa shape index (κ1) is 20.2. The number of nitrogens with zero attached hydrogens (tertiary/aromatic N) is 1. The molecule has 0 unspecified atom stereocenters. The fraction of sp³-hybridized carbons (Fsp3) is 0.148. The van der Waals surface area contributed by atoms with Crippen LogP contribution in [0.15, 0.2) is 83.5 Å². The zero-order chi connectivity index (χ0) is 22.1. The van der Waals surface area contributed by atoms with Crippen molar-refractivity contribution in [3.8, 4) is 17.0 Å². The smallest absolute Gasteiger partial charge is 0.179 e. The third kappa shape index (κ3) is 3.62. The van der Waals surface area contributed by atoms with Crippen LogP contribution in [0.2, 0.25) is 0 Å². The van der Waals surface area contributed by atoms with Crippen LogP contribution in [-0.4, -0.2) is 15.2 Å². The lowest BCUT2D eigenvalue weighted by molar-refractivity contribution is -0.0414. The van der Waals surface area contributed by atoms with Crippen molar-refractivity contribution in [3.05, 3.63) is 95.7 Å². The Morgan fingerprint density at radius 1 is 0.969 bits per heavy atom. The molecule has 2 aromatic heterocycles. The van der Waals surface area contributed by atoms with Crippen molar-refractivity contribution in [2.24, 2.45) is 0 Å². The number of hydrogen-bond acceptors (Lipinski definition) is 5. The van der Waals surface area contributed by atoms with Gasteiger partial charge in [-0.25, -0.2) is 4.98 Å². The van der Waals surface area contributed by atoms with Gasteiger partial charge in [-0.1, -0.05) is 61.5 Å². The Hall–Kier alpha value is -3.67. The van der Waals surface area contributed by atoms with Crippen LogP contribution in [0.25, 0.3) is 33.1 Å². The molecule has 0 saturated carbocycles. The third-order valence-corrected chi connectivity index (χ3v) is 5.69. The predicted molar refractivity (Wildman–Crippen MR) is 124 cm³/mol. The molecule has 0 radical (unpaired) electrons. The van der Waals surface area contributed by atoms with Crippen LogP contribution in [-0.2, 0) is 13.0 Å². The molecule has 32 heavy (non-hydrogen) atoms. The molecular formula is C27H23NO4. The molecule has 5 aromatic rings. The summed E-state index contributed by atoms with van der Waals surface area (Å²) in [6.07, 6.45) is 0.732. The lowest BCUT2D eigenvalue weighted by Crippen LogP contribution is -2.04. The summed E-state index contributed by atoms with van der Waals surface area (Å²) < 4.78 is 11.8. The van der Waals surface area contributed by atoms with Crippen molar-refractivity contribution < 1.29 is 19.4 Å². The summed E-state index contributed by atoms with van der Waals surface area (Å²) in [6, 6.07) is 23.2. The largest absolute Gasteiger partial charge is 0.488 e. The van der Waals surface area contributed by atoms with Crippen LogP contribution in [0, 0.1) is 0 Å². The topological polar surface area (TPSA) is 75.7 Å². The minimum Gasteiger partial charge on any atom is -0.488 e. The van der Waals surface area contributed by atoms with Crippen molar-refractivity contribution >= 4 is 21.9 Å². The number of benzene rings is 3. The Morgan fingerprint density at radius 3 is 2.53 bits per heavy atom. The SMILES string of the molecule is CCc1ccc(OCc2ccccc2)c2c(C(O)O)cc(-c3coc4ccccc34)nc12. The van der Waals surface area contributed by atoms with Crippen LogP contribution < -0.4 is 4.74 Å². The molecule has 160 valence electrons. The molecule has 0 amide bonds. The minimum absolute atomic E-state index is 0.355. The molecule has 5 rings (SSSR count). The van der Waals surface area contributed by atoms with Gasteiger partial charge in [0.05, 0.1) is 16.6 Å². The van der Waals surface area contributed by atoms with Gasteiger partial charge >= 0.3 is 0 Å². The third-order valence-electron chi connectivity index (χ3n) is 5.69. The summed E-state index contributed by atoms with van der Waals surface area (Å²) in [7, 11) is 0. The van der Waals surface area contributed by atoms with Gasteiger partial charge in [-0.2, -0.15) is 0 Å². The molecule has 0 saturated heterocycles. The van der Waals surface area contributed by atoms with Gasteiger partial charge in [-0.05, 0) is 35.7 Å². The Balaban J connectivity index is 1.69. The van der Waals surface area contributed by atoms with Crippen molar-refractivity contribution in [1.29, 1.82) is 0 Å². The number of ether oxygens (including phenoxy) is 1. The molecule has 2 N–H and O–H groups in total. The second-order valence-corrected chi connectivity index (χ2v) is 7.69. The van der Waals surface area contributed by atoms with E-state index in [1.165, 1.54) is 0 Å². The Bertz CT molecular complexity index is 1390. The van der Waals surface area contributed by atoms with E-state index < -0.39 is 6.29 Å². The normalized spacial score (nSPS) is 11.5. The quantitative estimate of drug-likeness (QED) is 0.338. The number of aliphatic hydroxyl groups excluding tert-OH is 1. The van der Waals surface area contributed by atoms with Crippen molar-refractivity contribution in [2.45, 2.75) is 26.2 Å². The second kappa shape index (κ2) is 8.46. The van der Waals surface area contributed by atoms with E-state index >= 15 is 0 Å². The molecule has 0 aliphatic rings. The lowest BCUT2D eigenvalue weighted by Gasteiger charge is -2.17. The van der Waals surface area contributed by atoms with Gasteiger partial charge in [0.25, 0.3) is 0 Å². The van der Waals surface area contributed by atoms with Gasteiger partial charge in [0.1, 0.15) is 24.2 Å². The van der Waals surface area contributed by atoms with Gasteiger partial charge in [-0.3, -0.25) is 0 Å². The maximum Gasteiger partial charge on any atom is 0.179 e. The highest BCUT2D eigenvalue weighted by molar-refractivity contribution is 5.97. The molecule has 3 aromatic carbocycles. The molecular weight excluding hydrogens is 402 g/mol. The van der Waals surface area contributed by atoms with E-state index in [2.05, 4.69) is 6.92 Å². The standard InChI is InChI=1S/C27H23NO4/c1-2-18-12-13-24(31-15-17-8-4-3-5-9-17)25-20(27(29)30)14-22(28-26(18)25)21-16-32-23-11-7-6-10-19(21)23/h3-14,16,27,29-30H,2,15H2,1H3. The zero-order valence-electron chi connectivity index (χ0n) is 17.7. The Kier molecular flexibility index (Phi) is 5.35. The molecule has 0 fully saturated rings. The maximum atomic E-state index is 10.3. The van der Waals surface area contributed by atoms with Crippen LogP contribution in [0.5, 0.6) is 5.75 Å². The van der Waals surface area contributed by atoms with E-state index in [0.29, 0.717) is 34.5 Å². The second-order valence-electron chi connectivity index (χ2n) is 7.69. The summed E-state index contributed by atoms with van der Waals surface area (Å²) in [6.45, 7) is 2.42. The highest BCUT2D eigenvalue weighted by Gasteiger charge is 2.20. The van der Waals surface area contributed by atoms with Crippen LogP contribution in [0.4, 0.5) is 0 Å². The molecule has 0 spiro atoms. The number of pyridine rings is 1. The predicted octanol–water partition coefficient (Wildman–Crippen LogP) is 5.77. The van der Waals surface area contributed by atoms with E-state index in [4.69, 9.17) is 14.1 Å². The fourth-order valence-electron chi connectivity index (χ4n) is 4.05. The van der Waals surface area contributed by atoms with Gasteiger partial charge in [0, 0.05) is 16.5 Å². The molecule has 2 heterocycles. The van der Waals surface area contributed by atoms with E-state index in [1.807, 2.05) is 66.7 Å². The number of aliphatic hydroxyl groups is 2. The van der Waals surface area contributed by atoms with E-state index in [9.17, 15) is 10.2 Å². The number of furan rings is 1. The van der Waals surface area contributed by atoms with Crippen LogP contribution in [0.1, 0.15) is 29.9 Å². The average molecular weight is 425 g/mol. The molecule has 5 nitrogen and oxygen atoms in total.